The smallest absolute Gasteiger partial charge is 0.418 e. The Morgan fingerprint density at radius 2 is 1.61 bits per heavy atom. The summed E-state index contributed by atoms with van der Waals surface area (Å²) in [6.07, 6.45) is 10.3. The van der Waals surface area contributed by atoms with Gasteiger partial charge in [-0.1, -0.05) is 107 Å². The number of aliphatic hydroxyl groups excluding tert-OH is 1. The third kappa shape index (κ3) is 10.1. The zero-order valence-electron chi connectivity index (χ0n) is 28.5. The van der Waals surface area contributed by atoms with Gasteiger partial charge in [0.2, 0.25) is 0 Å². The maximum absolute atomic E-state index is 13.9. The molecule has 12 heteroatoms. The molecule has 0 bridgehead atoms. The van der Waals surface area contributed by atoms with Crippen molar-refractivity contribution in [1.82, 2.24) is 14.7 Å². The molecule has 264 valence electrons. The molecule has 0 radical (unpaired) electrons. The first-order valence-corrected chi connectivity index (χ1v) is 17.5. The fourth-order valence-electron chi connectivity index (χ4n) is 5.76. The number of carbonyl (C=O) groups excluding carboxylic acids is 4. The van der Waals surface area contributed by atoms with Gasteiger partial charge >= 0.3 is 12.1 Å². The van der Waals surface area contributed by atoms with Gasteiger partial charge in [0.15, 0.2) is 11.6 Å². The molecule has 1 aliphatic heterocycles. The highest BCUT2D eigenvalue weighted by atomic mass is 35.5. The number of hydrogen-bond donors (Lipinski definition) is 2. The largest absolute Gasteiger partial charge is 0.462 e. The van der Waals surface area contributed by atoms with Gasteiger partial charge in [0.1, 0.15) is 6.10 Å². The Hall–Kier alpha value is -4.22. The Morgan fingerprint density at radius 3 is 2.24 bits per heavy atom. The average Bonchev–Trinajstić information content (AvgIpc) is 3.61. The monoisotopic (exact) mass is 694 g/mol. The first-order chi connectivity index (χ1) is 23.5. The van der Waals surface area contributed by atoms with E-state index in [1.54, 1.807) is 0 Å². The molecule has 4 rings (SSSR count). The Balaban J connectivity index is 1.43. The number of hydrogen-bond acceptors (Lipinski definition) is 8. The Morgan fingerprint density at radius 1 is 0.959 bits per heavy atom. The summed E-state index contributed by atoms with van der Waals surface area (Å²) in [5, 5.41) is 18.6. The van der Waals surface area contributed by atoms with Gasteiger partial charge in [-0.25, -0.2) is 14.5 Å². The van der Waals surface area contributed by atoms with Gasteiger partial charge in [0, 0.05) is 6.20 Å². The summed E-state index contributed by atoms with van der Waals surface area (Å²) in [5.41, 5.74) is -0.307. The van der Waals surface area contributed by atoms with Gasteiger partial charge in [0.05, 0.1) is 35.1 Å². The van der Waals surface area contributed by atoms with E-state index in [0.717, 1.165) is 24.8 Å². The number of rotatable bonds is 19. The number of esters is 1. The fraction of sp³-hybridized carbons (Fsp3) is 0.486. The molecule has 0 saturated carbocycles. The van der Waals surface area contributed by atoms with Crippen molar-refractivity contribution >= 4 is 41.2 Å². The zero-order valence-corrected chi connectivity index (χ0v) is 29.3. The van der Waals surface area contributed by atoms with E-state index in [2.05, 4.69) is 17.3 Å². The van der Waals surface area contributed by atoms with E-state index in [1.807, 2.05) is 30.3 Å². The predicted molar refractivity (Wildman–Crippen MR) is 186 cm³/mol. The second-order valence-electron chi connectivity index (χ2n) is 12.8. The van der Waals surface area contributed by atoms with E-state index < -0.39 is 41.6 Å². The molecule has 2 atom stereocenters. The van der Waals surface area contributed by atoms with Crippen LogP contribution in [-0.2, 0) is 25.6 Å². The number of cyclic esters (lactones) is 1. The lowest BCUT2D eigenvalue weighted by molar-refractivity contribution is -0.141. The molecule has 2 aromatic carbocycles. The van der Waals surface area contributed by atoms with Crippen LogP contribution in [0.15, 0.2) is 60.8 Å². The topological polar surface area (TPSA) is 140 Å². The Bertz CT molecular complexity index is 1580. The summed E-state index contributed by atoms with van der Waals surface area (Å²) >= 11 is 6.41. The first-order valence-electron chi connectivity index (χ1n) is 17.1. The zero-order chi connectivity index (χ0) is 35.4. The van der Waals surface area contributed by atoms with Gasteiger partial charge < -0.3 is 19.9 Å². The minimum Gasteiger partial charge on any atom is -0.462 e. The van der Waals surface area contributed by atoms with E-state index in [1.165, 1.54) is 93.9 Å². The van der Waals surface area contributed by atoms with Crippen LogP contribution in [0.3, 0.4) is 0 Å². The number of carbonyl (C=O) groups is 4. The van der Waals surface area contributed by atoms with Crippen molar-refractivity contribution in [3.63, 3.8) is 0 Å². The number of amides is 3. The summed E-state index contributed by atoms with van der Waals surface area (Å²) in [7, 11) is 0. The highest BCUT2D eigenvalue weighted by Gasteiger charge is 2.54. The molecule has 49 heavy (non-hydrogen) atoms. The van der Waals surface area contributed by atoms with Crippen LogP contribution in [0.1, 0.15) is 113 Å². The number of unbranched alkanes of at least 4 members (excludes halogenated alkanes) is 9. The van der Waals surface area contributed by atoms with Crippen molar-refractivity contribution < 1.29 is 33.8 Å². The Kier molecular flexibility index (Phi) is 13.8. The van der Waals surface area contributed by atoms with Crippen LogP contribution in [0.4, 0.5) is 10.5 Å². The van der Waals surface area contributed by atoms with Gasteiger partial charge in [0.25, 0.3) is 11.8 Å². The van der Waals surface area contributed by atoms with E-state index in [4.69, 9.17) is 21.1 Å². The lowest BCUT2D eigenvalue weighted by Gasteiger charge is -2.28. The molecule has 0 spiro atoms. The second-order valence-corrected chi connectivity index (χ2v) is 13.3. The third-order valence-corrected chi connectivity index (χ3v) is 8.87. The van der Waals surface area contributed by atoms with Crippen molar-refractivity contribution in [1.29, 1.82) is 0 Å². The number of nitrogens with zero attached hydrogens (tertiary/aromatic N) is 3. The van der Waals surface area contributed by atoms with Gasteiger partial charge in [-0.05, 0) is 50.1 Å². The quantitative estimate of drug-likeness (QED) is 0.0974. The van der Waals surface area contributed by atoms with Crippen molar-refractivity contribution in [3.05, 3.63) is 82.6 Å². The fourth-order valence-corrected chi connectivity index (χ4v) is 5.93. The maximum Gasteiger partial charge on any atom is 0.418 e. The van der Waals surface area contributed by atoms with Crippen molar-refractivity contribution in [3.8, 4) is 0 Å². The number of nitrogens with one attached hydrogen (secondary N) is 1. The summed E-state index contributed by atoms with van der Waals surface area (Å²) in [5.74, 6) is -2.31. The van der Waals surface area contributed by atoms with Crippen LogP contribution in [0, 0.1) is 0 Å². The molecule has 3 amide bonds. The number of halogens is 1. The molecule has 1 aliphatic rings. The minimum absolute atomic E-state index is 0.0364. The van der Waals surface area contributed by atoms with Crippen molar-refractivity contribution in [2.45, 2.75) is 109 Å². The highest BCUT2D eigenvalue weighted by Crippen LogP contribution is 2.33. The maximum atomic E-state index is 13.9. The van der Waals surface area contributed by atoms with Crippen molar-refractivity contribution in [2.24, 2.45) is 0 Å². The molecule has 2 unspecified atom stereocenters. The van der Waals surface area contributed by atoms with Gasteiger partial charge in [-0.2, -0.15) is 5.10 Å². The van der Waals surface area contributed by atoms with Crippen LogP contribution >= 0.6 is 11.6 Å². The molecule has 3 aromatic rings. The number of aromatic nitrogens is 2. The first kappa shape index (κ1) is 37.6. The minimum atomic E-state index is -1.77. The molecular weight excluding hydrogens is 648 g/mol. The third-order valence-electron chi connectivity index (χ3n) is 8.54. The van der Waals surface area contributed by atoms with Crippen LogP contribution in [-0.4, -0.2) is 61.9 Å². The molecule has 0 aliphatic carbocycles. The van der Waals surface area contributed by atoms with Gasteiger partial charge in [-0.3, -0.25) is 14.3 Å². The van der Waals surface area contributed by atoms with Gasteiger partial charge in [-0.15, -0.1) is 0 Å². The average molecular weight is 695 g/mol. The molecule has 1 fully saturated rings. The van der Waals surface area contributed by atoms with E-state index in [9.17, 15) is 24.3 Å². The standard InChI is InChI=1S/C37H47ClN4O7/c1-4-5-6-7-8-9-10-11-12-16-23-48-34(45)27-19-20-28(38)29(24-27)40-33(44)31(42-35(46)37(2,3)49-36(42)47)32(43)30-21-22-39-41(30)25-26-17-14-13-15-18-26/h13-15,17-22,24,31-32,43H,4-12,16,23,25H2,1-3H3,(H,40,44). The number of benzene rings is 2. The molecule has 1 aromatic heterocycles. The number of ether oxygens (including phenoxy) is 2. The molecule has 11 nitrogen and oxygen atoms in total. The second kappa shape index (κ2) is 18.0. The molecular formula is C37H47ClN4O7. The van der Waals surface area contributed by atoms with Crippen LogP contribution in [0.25, 0.3) is 0 Å². The molecule has 2 heterocycles. The van der Waals surface area contributed by atoms with Crippen LogP contribution in [0.2, 0.25) is 5.02 Å². The van der Waals surface area contributed by atoms with Crippen LogP contribution < -0.4 is 5.32 Å². The lowest BCUT2D eigenvalue weighted by Crippen LogP contribution is -2.52. The summed E-state index contributed by atoms with van der Waals surface area (Å²) in [4.78, 5) is 53.7. The highest BCUT2D eigenvalue weighted by molar-refractivity contribution is 6.34. The van der Waals surface area contributed by atoms with E-state index >= 15 is 0 Å². The predicted octanol–water partition coefficient (Wildman–Crippen LogP) is 7.46. The number of anilines is 1. The Labute approximate surface area is 292 Å². The van der Waals surface area contributed by atoms with Crippen LogP contribution in [0.5, 0.6) is 0 Å². The van der Waals surface area contributed by atoms with E-state index in [0.29, 0.717) is 4.90 Å². The summed E-state index contributed by atoms with van der Waals surface area (Å²) in [6, 6.07) is 13.4. The number of imide groups is 1. The SMILES string of the molecule is CCCCCCCCCCCCOC(=O)c1ccc(Cl)c(NC(=O)C(C(O)c2ccnn2Cc2ccccc2)N2C(=O)OC(C)(C)C2=O)c1. The lowest BCUT2D eigenvalue weighted by atomic mass is 10.0. The van der Waals surface area contributed by atoms with E-state index in [-0.39, 0.29) is 35.1 Å². The summed E-state index contributed by atoms with van der Waals surface area (Å²) in [6.45, 7) is 5.53. The summed E-state index contributed by atoms with van der Waals surface area (Å²) < 4.78 is 12.2. The van der Waals surface area contributed by atoms with Crippen molar-refractivity contribution in [2.75, 3.05) is 11.9 Å². The normalized spacial score (nSPS) is 15.2. The molecule has 2 N–H and O–H groups in total. The number of aliphatic hydroxyl groups is 1. The molecule has 1 saturated heterocycles.